The second-order valence-electron chi connectivity index (χ2n) is 9.10. The molecule has 0 unspecified atom stereocenters. The summed E-state index contributed by atoms with van der Waals surface area (Å²) in [5, 5.41) is 9.26. The Kier molecular flexibility index (Phi) is 7.46. The summed E-state index contributed by atoms with van der Waals surface area (Å²) in [6.07, 6.45) is 4.54. The Morgan fingerprint density at radius 1 is 1.05 bits per heavy atom. The number of aromatic nitrogens is 2. The highest BCUT2D eigenvalue weighted by Crippen LogP contribution is 2.30. The highest BCUT2D eigenvalue weighted by atomic mass is 16.6. The second-order valence-corrected chi connectivity index (χ2v) is 9.10. The van der Waals surface area contributed by atoms with E-state index < -0.39 is 0 Å². The van der Waals surface area contributed by atoms with Gasteiger partial charge in [0.05, 0.1) is 11.9 Å². The quantitative estimate of drug-likeness (QED) is 0.403. The fourth-order valence-corrected chi connectivity index (χ4v) is 4.40. The standard InChI is InChI=1S/C27H30N6O4/c28-25-24(27(35)32-20-6-1-2-9-29-15-20)33-21(16-30-25)18-4-3-5-19(13-18)26(34)31-14-17-7-8-22-23(12-17)37-11-10-36-22/h3-5,7-8,12-13,16,20,29H,1-2,6,9-11,14-15H2,(H2,28,30)(H,31,34)(H,32,35)/t20-/m0/s1. The first-order valence-corrected chi connectivity index (χ1v) is 12.5. The molecule has 1 fully saturated rings. The molecule has 0 saturated carbocycles. The molecule has 0 aliphatic carbocycles. The summed E-state index contributed by atoms with van der Waals surface area (Å²) >= 11 is 0. The Morgan fingerprint density at radius 2 is 1.92 bits per heavy atom. The van der Waals surface area contributed by atoms with Gasteiger partial charge in [-0.05, 0) is 49.2 Å². The molecule has 2 aromatic carbocycles. The number of benzene rings is 2. The molecule has 1 atom stereocenters. The lowest BCUT2D eigenvalue weighted by atomic mass is 10.1. The third-order valence-electron chi connectivity index (χ3n) is 6.38. The van der Waals surface area contributed by atoms with Gasteiger partial charge in [0.15, 0.2) is 23.0 Å². The number of carbonyl (C=O) groups excluding carboxylic acids is 2. The van der Waals surface area contributed by atoms with Crippen LogP contribution in [0, 0.1) is 0 Å². The lowest BCUT2D eigenvalue weighted by molar-refractivity contribution is 0.0928. The summed E-state index contributed by atoms with van der Waals surface area (Å²) in [6, 6.07) is 12.6. The van der Waals surface area contributed by atoms with Crippen molar-refractivity contribution in [2.45, 2.75) is 31.8 Å². The van der Waals surface area contributed by atoms with E-state index in [-0.39, 0.29) is 29.4 Å². The number of fused-ring (bicyclic) bond motifs is 1. The monoisotopic (exact) mass is 502 g/mol. The molecule has 3 aromatic rings. The van der Waals surface area contributed by atoms with Gasteiger partial charge in [-0.15, -0.1) is 0 Å². The number of carbonyl (C=O) groups is 2. The second kappa shape index (κ2) is 11.3. The molecule has 5 N–H and O–H groups in total. The maximum absolute atomic E-state index is 12.9. The Hall–Kier alpha value is -4.18. The number of rotatable bonds is 6. The number of ether oxygens (including phenoxy) is 2. The Bertz CT molecular complexity index is 1290. The summed E-state index contributed by atoms with van der Waals surface area (Å²) < 4.78 is 11.2. The van der Waals surface area contributed by atoms with Crippen LogP contribution in [0.4, 0.5) is 5.82 Å². The van der Waals surface area contributed by atoms with Gasteiger partial charge in [-0.1, -0.05) is 24.6 Å². The maximum atomic E-state index is 12.9. The number of nitrogens with one attached hydrogen (secondary N) is 3. The van der Waals surface area contributed by atoms with E-state index in [0.717, 1.165) is 31.4 Å². The van der Waals surface area contributed by atoms with Gasteiger partial charge in [0.1, 0.15) is 13.2 Å². The van der Waals surface area contributed by atoms with Gasteiger partial charge >= 0.3 is 0 Å². The van der Waals surface area contributed by atoms with Crippen LogP contribution in [0.3, 0.4) is 0 Å². The number of anilines is 1. The number of nitrogens with two attached hydrogens (primary N) is 1. The van der Waals surface area contributed by atoms with E-state index in [0.29, 0.717) is 54.6 Å². The molecule has 3 heterocycles. The maximum Gasteiger partial charge on any atom is 0.274 e. The molecule has 37 heavy (non-hydrogen) atoms. The number of nitrogens with zero attached hydrogens (tertiary/aromatic N) is 2. The van der Waals surface area contributed by atoms with Crippen molar-refractivity contribution in [2.24, 2.45) is 0 Å². The van der Waals surface area contributed by atoms with Gasteiger partial charge in [0, 0.05) is 30.3 Å². The summed E-state index contributed by atoms with van der Waals surface area (Å²) in [7, 11) is 0. The molecular weight excluding hydrogens is 472 g/mol. The molecule has 1 aromatic heterocycles. The molecule has 1 saturated heterocycles. The molecule has 0 bridgehead atoms. The first kappa shape index (κ1) is 24.5. The molecule has 10 heteroatoms. The van der Waals surface area contributed by atoms with Crippen LogP contribution < -0.4 is 31.2 Å². The van der Waals surface area contributed by atoms with Crippen molar-refractivity contribution < 1.29 is 19.1 Å². The SMILES string of the molecule is Nc1ncc(-c2cccc(C(=O)NCc3ccc4c(c3)OCCO4)c2)nc1C(=O)N[C@H]1CCCCNC1. The van der Waals surface area contributed by atoms with E-state index in [2.05, 4.69) is 25.9 Å². The summed E-state index contributed by atoms with van der Waals surface area (Å²) in [5.74, 6) is 0.860. The van der Waals surface area contributed by atoms with E-state index >= 15 is 0 Å². The highest BCUT2D eigenvalue weighted by molar-refractivity contribution is 5.97. The fraction of sp³-hybridized carbons (Fsp3) is 0.333. The Labute approximate surface area is 215 Å². The van der Waals surface area contributed by atoms with E-state index in [1.54, 1.807) is 18.2 Å². The zero-order valence-corrected chi connectivity index (χ0v) is 20.5. The molecule has 192 valence electrons. The minimum absolute atomic E-state index is 0.0149. The van der Waals surface area contributed by atoms with Gasteiger partial charge < -0.3 is 31.2 Å². The Morgan fingerprint density at radius 3 is 2.81 bits per heavy atom. The molecule has 0 radical (unpaired) electrons. The lowest BCUT2D eigenvalue weighted by Crippen LogP contribution is -2.41. The van der Waals surface area contributed by atoms with Crippen molar-refractivity contribution in [3.63, 3.8) is 0 Å². The van der Waals surface area contributed by atoms with Crippen molar-refractivity contribution in [1.82, 2.24) is 25.9 Å². The fourth-order valence-electron chi connectivity index (χ4n) is 4.40. The molecule has 2 aliphatic heterocycles. The van der Waals surface area contributed by atoms with Gasteiger partial charge in [-0.2, -0.15) is 0 Å². The van der Waals surface area contributed by atoms with Crippen LogP contribution in [0.5, 0.6) is 11.5 Å². The molecule has 10 nitrogen and oxygen atoms in total. The largest absolute Gasteiger partial charge is 0.486 e. The van der Waals surface area contributed by atoms with Crippen LogP contribution >= 0.6 is 0 Å². The highest BCUT2D eigenvalue weighted by Gasteiger charge is 2.20. The van der Waals surface area contributed by atoms with Crippen molar-refractivity contribution in [1.29, 1.82) is 0 Å². The third kappa shape index (κ3) is 5.97. The van der Waals surface area contributed by atoms with Crippen LogP contribution in [0.1, 0.15) is 45.7 Å². The minimum Gasteiger partial charge on any atom is -0.486 e. The average molecular weight is 503 g/mol. The first-order chi connectivity index (χ1) is 18.1. The normalized spacial score (nSPS) is 16.9. The predicted octanol–water partition coefficient (Wildman–Crippen LogP) is 2.30. The number of amides is 2. The number of hydrogen-bond acceptors (Lipinski definition) is 8. The van der Waals surface area contributed by atoms with Crippen LogP contribution in [0.15, 0.2) is 48.7 Å². The molecule has 2 amide bonds. The van der Waals surface area contributed by atoms with Gasteiger partial charge in [0.2, 0.25) is 0 Å². The summed E-state index contributed by atoms with van der Waals surface area (Å²) in [6.45, 7) is 3.03. The van der Waals surface area contributed by atoms with E-state index in [1.807, 2.05) is 24.3 Å². The van der Waals surface area contributed by atoms with Gasteiger partial charge in [0.25, 0.3) is 11.8 Å². The summed E-state index contributed by atoms with van der Waals surface area (Å²) in [5.41, 5.74) is 8.55. The van der Waals surface area contributed by atoms with Gasteiger partial charge in [-0.3, -0.25) is 9.59 Å². The van der Waals surface area contributed by atoms with Crippen molar-refractivity contribution in [2.75, 3.05) is 32.0 Å². The Balaban J connectivity index is 1.27. The lowest BCUT2D eigenvalue weighted by Gasteiger charge is -2.19. The summed E-state index contributed by atoms with van der Waals surface area (Å²) in [4.78, 5) is 34.5. The van der Waals surface area contributed by atoms with Crippen molar-refractivity contribution in [3.8, 4) is 22.8 Å². The van der Waals surface area contributed by atoms with Crippen LogP contribution in [0.25, 0.3) is 11.3 Å². The van der Waals surface area contributed by atoms with E-state index in [9.17, 15) is 9.59 Å². The van der Waals surface area contributed by atoms with Crippen LogP contribution in [0.2, 0.25) is 0 Å². The smallest absolute Gasteiger partial charge is 0.274 e. The molecule has 0 spiro atoms. The topological polar surface area (TPSA) is 140 Å². The van der Waals surface area contributed by atoms with Gasteiger partial charge in [-0.25, -0.2) is 9.97 Å². The number of nitrogen functional groups attached to an aromatic ring is 1. The number of hydrogen-bond donors (Lipinski definition) is 4. The van der Waals surface area contributed by atoms with E-state index in [4.69, 9.17) is 15.2 Å². The van der Waals surface area contributed by atoms with Crippen molar-refractivity contribution >= 4 is 17.6 Å². The molecular formula is C27H30N6O4. The zero-order chi connectivity index (χ0) is 25.6. The van der Waals surface area contributed by atoms with Crippen LogP contribution in [-0.2, 0) is 6.54 Å². The predicted molar refractivity (Wildman–Crippen MR) is 138 cm³/mol. The van der Waals surface area contributed by atoms with Crippen molar-refractivity contribution in [3.05, 3.63) is 65.5 Å². The minimum atomic E-state index is -0.353. The average Bonchev–Trinajstić information content (AvgIpc) is 3.20. The molecule has 2 aliphatic rings. The van der Waals surface area contributed by atoms with Crippen LogP contribution in [-0.4, -0.2) is 54.1 Å². The molecule has 5 rings (SSSR count). The third-order valence-corrected chi connectivity index (χ3v) is 6.38. The first-order valence-electron chi connectivity index (χ1n) is 12.5. The van der Waals surface area contributed by atoms with E-state index in [1.165, 1.54) is 6.20 Å². The zero-order valence-electron chi connectivity index (χ0n) is 20.5.